The molecule has 0 fully saturated rings. The standard InChI is InChI=1S/C21H19N5O/c22-19-18-17(24-26(19)13-14-7-2-1-3-8-14)11-6-12-25-20(18)23-16-10-5-4-9-15(16)21(25)27/h1-5,7-10H,6,11-13H2,(H2,22,23,24,27)/p+1. The van der Waals surface area contributed by atoms with Gasteiger partial charge in [-0.3, -0.25) is 15.1 Å². The van der Waals surface area contributed by atoms with Gasteiger partial charge in [0.2, 0.25) is 0 Å². The number of aromatic amines is 1. The van der Waals surface area contributed by atoms with Crippen LogP contribution >= 0.6 is 0 Å². The second kappa shape index (κ2) is 6.09. The van der Waals surface area contributed by atoms with E-state index in [0.717, 1.165) is 29.7 Å². The molecule has 1 aliphatic rings. The van der Waals surface area contributed by atoms with Gasteiger partial charge in [0, 0.05) is 6.54 Å². The van der Waals surface area contributed by atoms with E-state index in [9.17, 15) is 4.79 Å². The maximum Gasteiger partial charge on any atom is 0.304 e. The average molecular weight is 358 g/mol. The molecule has 0 bridgehead atoms. The Morgan fingerprint density at radius 1 is 1.11 bits per heavy atom. The van der Waals surface area contributed by atoms with E-state index < -0.39 is 0 Å². The summed E-state index contributed by atoms with van der Waals surface area (Å²) in [4.78, 5) is 17.8. The van der Waals surface area contributed by atoms with Gasteiger partial charge in [-0.15, -0.1) is 0 Å². The molecular weight excluding hydrogens is 338 g/mol. The van der Waals surface area contributed by atoms with Crippen LogP contribution in [0.1, 0.15) is 17.7 Å². The summed E-state index contributed by atoms with van der Waals surface area (Å²) in [6.45, 7) is 1.30. The third kappa shape index (κ3) is 2.52. The van der Waals surface area contributed by atoms with Gasteiger partial charge in [0.25, 0.3) is 5.56 Å². The van der Waals surface area contributed by atoms with Gasteiger partial charge in [0.1, 0.15) is 12.1 Å². The summed E-state index contributed by atoms with van der Waals surface area (Å²) >= 11 is 0. The zero-order valence-electron chi connectivity index (χ0n) is 14.9. The molecule has 0 unspecified atom stereocenters. The van der Waals surface area contributed by atoms with E-state index >= 15 is 0 Å². The lowest BCUT2D eigenvalue weighted by Gasteiger charge is -2.10. The molecule has 0 saturated heterocycles. The summed E-state index contributed by atoms with van der Waals surface area (Å²) in [7, 11) is 0. The third-order valence-electron chi connectivity index (χ3n) is 5.20. The Hall–Kier alpha value is -3.41. The highest BCUT2D eigenvalue weighted by Crippen LogP contribution is 2.29. The van der Waals surface area contributed by atoms with E-state index in [2.05, 4.69) is 17.2 Å². The molecule has 3 heterocycles. The predicted molar refractivity (Wildman–Crippen MR) is 104 cm³/mol. The maximum atomic E-state index is 13.0. The monoisotopic (exact) mass is 358 g/mol. The molecule has 3 N–H and O–H groups in total. The highest BCUT2D eigenvalue weighted by Gasteiger charge is 2.28. The van der Waals surface area contributed by atoms with Gasteiger partial charge in [0.15, 0.2) is 5.82 Å². The highest BCUT2D eigenvalue weighted by molar-refractivity contribution is 5.81. The lowest BCUT2D eigenvalue weighted by Crippen LogP contribution is -2.39. The van der Waals surface area contributed by atoms with E-state index in [1.54, 1.807) is 4.57 Å². The van der Waals surface area contributed by atoms with Crippen molar-refractivity contribution in [1.29, 1.82) is 0 Å². The van der Waals surface area contributed by atoms with E-state index in [-0.39, 0.29) is 5.56 Å². The molecule has 0 atom stereocenters. The van der Waals surface area contributed by atoms with E-state index in [4.69, 9.17) is 10.7 Å². The number of para-hydroxylation sites is 1. The number of fused-ring (bicyclic) bond motifs is 4. The smallest absolute Gasteiger partial charge is 0.292 e. The average Bonchev–Trinajstić information content (AvgIpc) is 2.88. The number of hydrogen-bond acceptors (Lipinski definition) is 3. The van der Waals surface area contributed by atoms with Crippen LogP contribution in [-0.2, 0) is 19.5 Å². The number of nitrogen functional groups attached to an aromatic ring is 1. The summed E-state index contributed by atoms with van der Waals surface area (Å²) < 4.78 is 3.71. The minimum absolute atomic E-state index is 0.00124. The second-order valence-corrected chi connectivity index (χ2v) is 6.94. The Labute approximate surface area is 155 Å². The summed E-state index contributed by atoms with van der Waals surface area (Å²) in [6, 6.07) is 17.7. The number of nitrogens with zero attached hydrogens (tertiary/aromatic N) is 3. The van der Waals surface area contributed by atoms with E-state index in [0.29, 0.717) is 35.6 Å². The van der Waals surface area contributed by atoms with Crippen molar-refractivity contribution in [3.63, 3.8) is 0 Å². The minimum Gasteiger partial charge on any atom is -0.292 e. The predicted octanol–water partition coefficient (Wildman–Crippen LogP) is 2.26. The minimum atomic E-state index is -0.00124. The Bertz CT molecular complexity index is 1210. The Balaban J connectivity index is 1.72. The first-order valence-corrected chi connectivity index (χ1v) is 9.16. The van der Waals surface area contributed by atoms with Crippen LogP contribution in [0.15, 0.2) is 59.4 Å². The van der Waals surface area contributed by atoms with Gasteiger partial charge >= 0.3 is 5.82 Å². The summed E-state index contributed by atoms with van der Waals surface area (Å²) in [5, 5.41) is 4.08. The van der Waals surface area contributed by atoms with Gasteiger partial charge < -0.3 is 0 Å². The summed E-state index contributed by atoms with van der Waals surface area (Å²) in [6.07, 6.45) is 1.70. The van der Waals surface area contributed by atoms with Crippen molar-refractivity contribution in [2.24, 2.45) is 0 Å². The number of nitrogens with two attached hydrogens (primary N) is 1. The quantitative estimate of drug-likeness (QED) is 0.539. The van der Waals surface area contributed by atoms with Crippen molar-refractivity contribution in [2.45, 2.75) is 25.9 Å². The Morgan fingerprint density at radius 3 is 2.74 bits per heavy atom. The molecule has 27 heavy (non-hydrogen) atoms. The molecule has 4 aromatic rings. The first kappa shape index (κ1) is 15.8. The number of aromatic nitrogens is 4. The Kier molecular flexibility index (Phi) is 3.57. The topological polar surface area (TPSA) is 80.6 Å². The van der Waals surface area contributed by atoms with Crippen LogP contribution in [-0.4, -0.2) is 14.6 Å². The third-order valence-corrected chi connectivity index (χ3v) is 5.20. The van der Waals surface area contributed by atoms with Crippen LogP contribution in [0.2, 0.25) is 0 Å². The fraction of sp³-hybridized carbons (Fsp3) is 0.190. The number of nitrogens with one attached hydrogen (secondary N) is 1. The molecule has 0 aliphatic carbocycles. The van der Waals surface area contributed by atoms with Crippen LogP contribution < -0.4 is 16.0 Å². The molecule has 2 aromatic carbocycles. The van der Waals surface area contributed by atoms with Crippen molar-refractivity contribution in [2.75, 3.05) is 5.73 Å². The van der Waals surface area contributed by atoms with Crippen LogP contribution in [0, 0.1) is 0 Å². The number of aryl methyl sites for hydroxylation is 1. The first-order valence-electron chi connectivity index (χ1n) is 9.16. The zero-order valence-corrected chi connectivity index (χ0v) is 14.9. The van der Waals surface area contributed by atoms with Crippen molar-refractivity contribution in [3.05, 3.63) is 76.2 Å². The second-order valence-electron chi connectivity index (χ2n) is 6.94. The Morgan fingerprint density at radius 2 is 1.89 bits per heavy atom. The lowest BCUT2D eigenvalue weighted by molar-refractivity contribution is -0.729. The molecule has 2 aromatic heterocycles. The zero-order chi connectivity index (χ0) is 18.4. The normalized spacial score (nSPS) is 13.2. The van der Waals surface area contributed by atoms with Gasteiger partial charge in [-0.05, 0) is 30.5 Å². The maximum absolute atomic E-state index is 13.0. The van der Waals surface area contributed by atoms with Crippen molar-refractivity contribution >= 4 is 16.7 Å². The van der Waals surface area contributed by atoms with Gasteiger partial charge in [-0.25, -0.2) is 10.1 Å². The number of H-pyrrole nitrogens is 1. The molecule has 0 saturated carbocycles. The van der Waals surface area contributed by atoms with Gasteiger partial charge in [-0.1, -0.05) is 42.5 Å². The molecular formula is C21H20N5O+. The molecule has 5 rings (SSSR count). The van der Waals surface area contributed by atoms with Crippen LogP contribution in [0.3, 0.4) is 0 Å². The summed E-state index contributed by atoms with van der Waals surface area (Å²) in [5.74, 6) is 1.28. The van der Waals surface area contributed by atoms with Crippen molar-refractivity contribution in [3.8, 4) is 11.4 Å². The SMILES string of the molecule is Nc1c2c([nH][n+]1Cc1ccccc1)CCCn1c-2nc2ccccc2c1=O. The van der Waals surface area contributed by atoms with Crippen molar-refractivity contribution in [1.82, 2.24) is 14.6 Å². The van der Waals surface area contributed by atoms with Gasteiger partial charge in [-0.2, -0.15) is 4.68 Å². The molecule has 0 spiro atoms. The number of benzene rings is 2. The molecule has 6 nitrogen and oxygen atoms in total. The lowest BCUT2D eigenvalue weighted by atomic mass is 10.1. The van der Waals surface area contributed by atoms with Crippen LogP contribution in [0.25, 0.3) is 22.3 Å². The first-order chi connectivity index (χ1) is 13.2. The molecule has 134 valence electrons. The molecule has 1 aliphatic heterocycles. The van der Waals surface area contributed by atoms with Gasteiger partial charge in [0.05, 0.1) is 16.6 Å². The van der Waals surface area contributed by atoms with Crippen LogP contribution in [0.5, 0.6) is 0 Å². The number of hydrogen-bond donors (Lipinski definition) is 2. The van der Waals surface area contributed by atoms with E-state index in [1.165, 1.54) is 0 Å². The van der Waals surface area contributed by atoms with E-state index in [1.807, 2.05) is 47.1 Å². The molecule has 0 amide bonds. The van der Waals surface area contributed by atoms with Crippen molar-refractivity contribution < 1.29 is 4.68 Å². The molecule has 6 heteroatoms. The number of anilines is 1. The summed E-state index contributed by atoms with van der Waals surface area (Å²) in [5.41, 5.74) is 10.3. The largest absolute Gasteiger partial charge is 0.304 e. The fourth-order valence-electron chi connectivity index (χ4n) is 3.87. The number of rotatable bonds is 2. The fourth-order valence-corrected chi connectivity index (χ4v) is 3.87. The highest BCUT2D eigenvalue weighted by atomic mass is 16.1. The molecule has 0 radical (unpaired) electrons. The van der Waals surface area contributed by atoms with Crippen LogP contribution in [0.4, 0.5) is 5.82 Å².